The Labute approximate surface area is 415 Å². The van der Waals surface area contributed by atoms with Gasteiger partial charge < -0.3 is 28.8 Å². The van der Waals surface area contributed by atoms with Crippen molar-refractivity contribution >= 4 is 13.7 Å². The van der Waals surface area contributed by atoms with Crippen molar-refractivity contribution in [3.05, 3.63) is 60.8 Å². The molecule has 0 aliphatic carbocycles. The lowest BCUT2D eigenvalue weighted by Gasteiger charge is -2.29. The summed E-state index contributed by atoms with van der Waals surface area (Å²) in [7, 11) is 1.23. The number of rotatable bonds is 51. The molecule has 0 aromatic carbocycles. The zero-order valence-corrected chi connectivity index (χ0v) is 45.5. The number of unbranched alkanes of at least 4 members (excludes halogenated alkanes) is 30. The Kier molecular flexibility index (Phi) is 47.9. The minimum Gasteiger partial charge on any atom is -0.756 e. The summed E-state index contributed by atoms with van der Waals surface area (Å²) in [5.41, 5.74) is 0. The quantitative estimate of drug-likeness (QED) is 0.0272. The Morgan fingerprint density at radius 2 is 0.910 bits per heavy atom. The predicted molar refractivity (Wildman–Crippen MR) is 288 cm³/mol. The van der Waals surface area contributed by atoms with Gasteiger partial charge in [0.2, 0.25) is 5.91 Å². The van der Waals surface area contributed by atoms with Crippen molar-refractivity contribution in [3.8, 4) is 0 Å². The fourth-order valence-corrected chi connectivity index (χ4v) is 8.81. The van der Waals surface area contributed by atoms with Gasteiger partial charge >= 0.3 is 0 Å². The number of quaternary nitrogens is 1. The third-order valence-corrected chi connectivity index (χ3v) is 13.4. The molecule has 0 rings (SSSR count). The van der Waals surface area contributed by atoms with Crippen molar-refractivity contribution in [2.45, 2.75) is 264 Å². The average Bonchev–Trinajstić information content (AvgIpc) is 3.29. The van der Waals surface area contributed by atoms with E-state index in [1.165, 1.54) is 167 Å². The van der Waals surface area contributed by atoms with Crippen LogP contribution in [-0.4, -0.2) is 68.5 Å². The van der Waals surface area contributed by atoms with Crippen molar-refractivity contribution in [3.63, 3.8) is 0 Å². The van der Waals surface area contributed by atoms with Crippen molar-refractivity contribution in [2.75, 3.05) is 40.9 Å². The van der Waals surface area contributed by atoms with Gasteiger partial charge in [0, 0.05) is 6.42 Å². The van der Waals surface area contributed by atoms with E-state index in [-0.39, 0.29) is 18.9 Å². The molecule has 0 heterocycles. The maximum absolute atomic E-state index is 12.9. The van der Waals surface area contributed by atoms with Crippen molar-refractivity contribution in [2.24, 2.45) is 0 Å². The first kappa shape index (κ1) is 65.2. The Bertz CT molecular complexity index is 1270. The minimum atomic E-state index is -4.61. The van der Waals surface area contributed by atoms with Gasteiger partial charge in [0.1, 0.15) is 13.2 Å². The van der Waals surface area contributed by atoms with Gasteiger partial charge in [0.05, 0.1) is 39.9 Å². The number of nitrogens with one attached hydrogen (secondary N) is 1. The van der Waals surface area contributed by atoms with Crippen LogP contribution in [0.3, 0.4) is 0 Å². The molecule has 0 aromatic heterocycles. The Balaban J connectivity index is 4.16. The Hall–Kier alpha value is -1.80. The molecular formula is C58H109N2O6P. The monoisotopic (exact) mass is 961 g/mol. The molecule has 0 aromatic rings. The Morgan fingerprint density at radius 1 is 0.537 bits per heavy atom. The number of allylic oxidation sites excluding steroid dienone is 9. The first-order chi connectivity index (χ1) is 32.5. The topological polar surface area (TPSA) is 108 Å². The molecule has 3 unspecified atom stereocenters. The van der Waals surface area contributed by atoms with Crippen LogP contribution in [0, 0.1) is 0 Å². The van der Waals surface area contributed by atoms with E-state index in [0.29, 0.717) is 17.4 Å². The highest BCUT2D eigenvalue weighted by atomic mass is 31.2. The summed E-state index contributed by atoms with van der Waals surface area (Å²) in [4.78, 5) is 25.4. The number of hydrogen-bond acceptors (Lipinski definition) is 6. The second kappa shape index (κ2) is 49.2. The molecule has 2 N–H and O–H groups in total. The summed E-state index contributed by atoms with van der Waals surface area (Å²) >= 11 is 0. The van der Waals surface area contributed by atoms with Crippen LogP contribution < -0.4 is 10.2 Å². The molecule has 0 aliphatic rings. The molecule has 1 amide bonds. The molecule has 0 saturated carbocycles. The van der Waals surface area contributed by atoms with E-state index in [9.17, 15) is 19.4 Å². The second-order valence-corrected chi connectivity index (χ2v) is 21.7. The number of likely N-dealkylation sites (N-methyl/N-ethyl adjacent to an activating group) is 1. The molecule has 0 bridgehead atoms. The molecule has 0 aliphatic heterocycles. The SMILES string of the molecule is CC/C=C\C/C=C\C/C=C\C/C=C\CCCCC(=O)NC(COP(=O)([O-])OCC[N+](C)(C)C)C(O)/C=C/CCCCCCCCCCCCCCCCCCCCCCCCCCCCCC. The normalized spacial score (nSPS) is 14.4. The van der Waals surface area contributed by atoms with E-state index in [2.05, 4.69) is 67.8 Å². The third kappa shape index (κ3) is 51.9. The zero-order valence-electron chi connectivity index (χ0n) is 44.6. The van der Waals surface area contributed by atoms with E-state index >= 15 is 0 Å². The van der Waals surface area contributed by atoms with Crippen molar-refractivity contribution < 1.29 is 32.9 Å². The summed E-state index contributed by atoms with van der Waals surface area (Å²) in [5, 5.41) is 13.8. The zero-order chi connectivity index (χ0) is 49.2. The van der Waals surface area contributed by atoms with Crippen LogP contribution in [0.25, 0.3) is 0 Å². The molecule has 0 spiro atoms. The third-order valence-electron chi connectivity index (χ3n) is 12.5. The molecule has 67 heavy (non-hydrogen) atoms. The highest BCUT2D eigenvalue weighted by Crippen LogP contribution is 2.38. The fraction of sp³-hybridized carbons (Fsp3) is 0.810. The van der Waals surface area contributed by atoms with E-state index in [4.69, 9.17) is 9.05 Å². The maximum atomic E-state index is 12.9. The number of nitrogens with zero attached hydrogens (tertiary/aromatic N) is 1. The van der Waals surface area contributed by atoms with Gasteiger partial charge in [-0.25, -0.2) is 0 Å². The van der Waals surface area contributed by atoms with Gasteiger partial charge in [-0.3, -0.25) is 9.36 Å². The predicted octanol–water partition coefficient (Wildman–Crippen LogP) is 16.3. The van der Waals surface area contributed by atoms with Crippen molar-refractivity contribution in [1.82, 2.24) is 5.32 Å². The summed E-state index contributed by atoms with van der Waals surface area (Å²) in [6, 6.07) is -0.911. The van der Waals surface area contributed by atoms with Crippen molar-refractivity contribution in [1.29, 1.82) is 0 Å². The number of phosphoric ester groups is 1. The lowest BCUT2D eigenvalue weighted by atomic mass is 10.0. The lowest BCUT2D eigenvalue weighted by Crippen LogP contribution is -2.45. The summed E-state index contributed by atoms with van der Waals surface area (Å²) in [6.07, 6.45) is 66.0. The first-order valence-corrected chi connectivity index (χ1v) is 29.6. The number of phosphoric acid groups is 1. The summed E-state index contributed by atoms with van der Waals surface area (Å²) in [6.45, 7) is 4.51. The van der Waals surface area contributed by atoms with Crippen LogP contribution in [0.4, 0.5) is 0 Å². The fourth-order valence-electron chi connectivity index (χ4n) is 8.09. The van der Waals surface area contributed by atoms with E-state index in [0.717, 1.165) is 57.8 Å². The van der Waals surface area contributed by atoms with Gasteiger partial charge in [-0.2, -0.15) is 0 Å². The van der Waals surface area contributed by atoms with E-state index in [1.54, 1.807) is 6.08 Å². The van der Waals surface area contributed by atoms with E-state index < -0.39 is 26.6 Å². The number of carbonyl (C=O) groups excluding carboxylic acids is 1. The highest BCUT2D eigenvalue weighted by Gasteiger charge is 2.23. The molecule has 9 heteroatoms. The second-order valence-electron chi connectivity index (χ2n) is 20.3. The van der Waals surface area contributed by atoms with Crippen LogP contribution in [0.15, 0.2) is 60.8 Å². The number of carbonyl (C=O) groups is 1. The number of aliphatic hydroxyl groups excluding tert-OH is 1. The first-order valence-electron chi connectivity index (χ1n) is 28.2. The Morgan fingerprint density at radius 3 is 1.33 bits per heavy atom. The molecular weight excluding hydrogens is 852 g/mol. The lowest BCUT2D eigenvalue weighted by molar-refractivity contribution is -0.870. The summed E-state index contributed by atoms with van der Waals surface area (Å²) < 4.78 is 23.3. The smallest absolute Gasteiger partial charge is 0.268 e. The molecule has 0 radical (unpaired) electrons. The van der Waals surface area contributed by atoms with Gasteiger partial charge in [-0.1, -0.05) is 248 Å². The highest BCUT2D eigenvalue weighted by molar-refractivity contribution is 7.45. The summed E-state index contributed by atoms with van der Waals surface area (Å²) in [5.74, 6) is -0.237. The van der Waals surface area contributed by atoms with Gasteiger partial charge in [-0.15, -0.1) is 0 Å². The largest absolute Gasteiger partial charge is 0.756 e. The van der Waals surface area contributed by atoms with Gasteiger partial charge in [-0.05, 0) is 57.8 Å². The maximum Gasteiger partial charge on any atom is 0.268 e. The molecule has 3 atom stereocenters. The average molecular weight is 961 g/mol. The standard InChI is InChI=1S/C58H109N2O6P/c1-6-8-10-12-14-16-18-20-22-23-24-25-26-27-28-29-30-31-32-33-34-35-36-38-39-41-43-45-47-49-51-57(61)56(55-66-67(63,64)65-54-53-60(3,4)5)59-58(62)52-50-48-46-44-42-40-37-21-19-17-15-13-11-9-7-2/h9,11,15,17,21,37,42,44,49,51,56-57,61H,6-8,10,12-14,16,18-20,22-36,38-41,43,45-48,50,52-55H2,1-5H3,(H-,59,62,63,64)/b11-9-,17-15-,37-21-,44-42-,51-49+. The van der Waals surface area contributed by atoms with Crippen LogP contribution in [0.5, 0.6) is 0 Å². The number of aliphatic hydroxyl groups is 1. The van der Waals surface area contributed by atoms with Crippen LogP contribution in [-0.2, 0) is 18.4 Å². The van der Waals surface area contributed by atoms with Crippen LogP contribution >= 0.6 is 7.82 Å². The van der Waals surface area contributed by atoms with Gasteiger partial charge in [0.15, 0.2) is 0 Å². The number of amides is 1. The molecule has 0 saturated heterocycles. The van der Waals surface area contributed by atoms with E-state index in [1.807, 2.05) is 27.2 Å². The minimum absolute atomic E-state index is 0.0112. The van der Waals surface area contributed by atoms with Gasteiger partial charge in [0.25, 0.3) is 7.82 Å². The molecule has 392 valence electrons. The van der Waals surface area contributed by atoms with Crippen LogP contribution in [0.1, 0.15) is 251 Å². The van der Waals surface area contributed by atoms with Crippen LogP contribution in [0.2, 0.25) is 0 Å². The molecule has 8 nitrogen and oxygen atoms in total. The molecule has 0 fully saturated rings. The number of hydrogen-bond donors (Lipinski definition) is 2.